The lowest BCUT2D eigenvalue weighted by atomic mass is 10.0. The average molecular weight is 405 g/mol. The lowest BCUT2D eigenvalue weighted by molar-refractivity contribution is -0.119. The summed E-state index contributed by atoms with van der Waals surface area (Å²) in [7, 11) is 1.50. The van der Waals surface area contributed by atoms with Crippen LogP contribution >= 0.6 is 11.8 Å². The van der Waals surface area contributed by atoms with E-state index in [-0.39, 0.29) is 16.2 Å². The number of hydrogen-bond acceptors (Lipinski definition) is 4. The zero-order valence-electron chi connectivity index (χ0n) is 15.5. The Balaban J connectivity index is 1.89. The monoisotopic (exact) mass is 405 g/mol. The number of nitrogens with zero attached hydrogens (tertiary/aromatic N) is 1. The van der Waals surface area contributed by atoms with Gasteiger partial charge in [0.2, 0.25) is 0 Å². The first-order valence-corrected chi connectivity index (χ1v) is 9.67. The van der Waals surface area contributed by atoms with Crippen molar-refractivity contribution >= 4 is 34.8 Å². The van der Waals surface area contributed by atoms with Gasteiger partial charge in [0.25, 0.3) is 11.8 Å². The summed E-state index contributed by atoms with van der Waals surface area (Å²) >= 11 is 1.18. The van der Waals surface area contributed by atoms with Gasteiger partial charge in [-0.05, 0) is 30.3 Å². The number of carbonyl (C=O) groups is 2. The van der Waals surface area contributed by atoms with Crippen LogP contribution in [0.5, 0.6) is 5.75 Å². The molecule has 0 spiro atoms. The highest BCUT2D eigenvalue weighted by Crippen LogP contribution is 2.43. The number of thioether (sulfide) groups is 1. The number of ether oxygens (including phenoxy) is 1. The molecule has 0 aromatic heterocycles. The van der Waals surface area contributed by atoms with E-state index in [2.05, 4.69) is 0 Å². The molecule has 0 N–H and O–H groups in total. The zero-order valence-corrected chi connectivity index (χ0v) is 16.3. The molecule has 0 radical (unpaired) electrons. The van der Waals surface area contributed by atoms with E-state index in [1.165, 1.54) is 37.1 Å². The van der Waals surface area contributed by atoms with Crippen molar-refractivity contribution in [2.24, 2.45) is 0 Å². The normalized spacial score (nSPS) is 13.9. The first-order chi connectivity index (χ1) is 14.1. The van der Waals surface area contributed by atoms with Crippen molar-refractivity contribution in [3.63, 3.8) is 0 Å². The molecule has 29 heavy (non-hydrogen) atoms. The molecule has 0 saturated carbocycles. The van der Waals surface area contributed by atoms with Gasteiger partial charge in [-0.3, -0.25) is 9.59 Å². The van der Waals surface area contributed by atoms with Crippen molar-refractivity contribution in [3.8, 4) is 5.75 Å². The highest BCUT2D eigenvalue weighted by Gasteiger charge is 2.42. The molecule has 0 atom stereocenters. The smallest absolute Gasteiger partial charge is 0.273 e. The van der Waals surface area contributed by atoms with Crippen LogP contribution in [0.1, 0.15) is 5.56 Å². The van der Waals surface area contributed by atoms with Crippen LogP contribution in [-0.4, -0.2) is 18.9 Å². The third kappa shape index (κ3) is 3.43. The van der Waals surface area contributed by atoms with E-state index in [4.69, 9.17) is 4.74 Å². The van der Waals surface area contributed by atoms with E-state index in [1.807, 2.05) is 30.3 Å². The number of hydrogen-bond donors (Lipinski definition) is 0. The highest BCUT2D eigenvalue weighted by molar-refractivity contribution is 8.04. The number of imide groups is 1. The third-order valence-electron chi connectivity index (χ3n) is 4.47. The van der Waals surface area contributed by atoms with Crippen molar-refractivity contribution in [2.75, 3.05) is 12.0 Å². The Labute approximate surface area is 171 Å². The van der Waals surface area contributed by atoms with E-state index < -0.39 is 17.6 Å². The Morgan fingerprint density at radius 3 is 2.21 bits per heavy atom. The molecule has 1 aliphatic rings. The Morgan fingerprint density at radius 2 is 1.48 bits per heavy atom. The number of benzene rings is 3. The Hall–Kier alpha value is -3.38. The number of amides is 2. The van der Waals surface area contributed by atoms with Gasteiger partial charge in [-0.2, -0.15) is 0 Å². The van der Waals surface area contributed by atoms with Crippen molar-refractivity contribution in [1.29, 1.82) is 0 Å². The van der Waals surface area contributed by atoms with Crippen LogP contribution in [0, 0.1) is 5.82 Å². The molecular weight excluding hydrogens is 389 g/mol. The molecular formula is C23H16FNO3S. The summed E-state index contributed by atoms with van der Waals surface area (Å²) in [5.41, 5.74) is 0.619. The molecule has 0 fully saturated rings. The Bertz CT molecular complexity index is 1130. The summed E-state index contributed by atoms with van der Waals surface area (Å²) in [4.78, 5) is 28.5. The molecule has 6 heteroatoms. The van der Waals surface area contributed by atoms with E-state index in [0.717, 1.165) is 9.80 Å². The van der Waals surface area contributed by atoms with Gasteiger partial charge in [0, 0.05) is 10.5 Å². The van der Waals surface area contributed by atoms with Gasteiger partial charge in [0.05, 0.1) is 23.3 Å². The maximum Gasteiger partial charge on any atom is 0.273 e. The number of para-hydroxylation sites is 2. The fraction of sp³-hybridized carbons (Fsp3) is 0.0435. The predicted octanol–water partition coefficient (Wildman–Crippen LogP) is 4.91. The summed E-state index contributed by atoms with van der Waals surface area (Å²) in [5, 5.41) is 0. The van der Waals surface area contributed by atoms with Gasteiger partial charge in [0.15, 0.2) is 0 Å². The van der Waals surface area contributed by atoms with Crippen molar-refractivity contribution in [1.82, 2.24) is 0 Å². The van der Waals surface area contributed by atoms with Crippen molar-refractivity contribution in [2.45, 2.75) is 4.90 Å². The van der Waals surface area contributed by atoms with E-state index in [9.17, 15) is 14.0 Å². The summed E-state index contributed by atoms with van der Waals surface area (Å²) in [6, 6.07) is 22.0. The molecule has 0 aliphatic carbocycles. The average Bonchev–Trinajstić information content (AvgIpc) is 2.99. The van der Waals surface area contributed by atoms with Crippen LogP contribution in [0.4, 0.5) is 10.1 Å². The summed E-state index contributed by atoms with van der Waals surface area (Å²) in [5.74, 6) is -1.32. The minimum Gasteiger partial charge on any atom is -0.496 e. The minimum atomic E-state index is -0.639. The molecule has 3 aromatic rings. The molecule has 4 rings (SSSR count). The fourth-order valence-electron chi connectivity index (χ4n) is 3.15. The first kappa shape index (κ1) is 19.0. The van der Waals surface area contributed by atoms with E-state index >= 15 is 0 Å². The predicted molar refractivity (Wildman–Crippen MR) is 111 cm³/mol. The van der Waals surface area contributed by atoms with Crippen LogP contribution in [0.2, 0.25) is 0 Å². The standard InChI is InChI=1S/C23H16FNO3S/c1-28-19-14-8-5-11-16(19)20-21(29-15-9-3-2-4-10-15)23(27)25(22(20)26)18-13-7-6-12-17(18)24/h2-14H,1H3. The summed E-state index contributed by atoms with van der Waals surface area (Å²) < 4.78 is 19.8. The van der Waals surface area contributed by atoms with Crippen LogP contribution in [-0.2, 0) is 9.59 Å². The Kier molecular flexibility index (Phi) is 5.18. The molecule has 1 aliphatic heterocycles. The number of halogens is 1. The van der Waals surface area contributed by atoms with Gasteiger partial charge < -0.3 is 4.74 Å². The Morgan fingerprint density at radius 1 is 0.828 bits per heavy atom. The first-order valence-electron chi connectivity index (χ1n) is 8.85. The van der Waals surface area contributed by atoms with Crippen molar-refractivity contribution in [3.05, 3.63) is 95.1 Å². The van der Waals surface area contributed by atoms with Gasteiger partial charge in [-0.1, -0.05) is 60.3 Å². The molecule has 4 nitrogen and oxygen atoms in total. The largest absolute Gasteiger partial charge is 0.496 e. The van der Waals surface area contributed by atoms with Gasteiger partial charge in [-0.15, -0.1) is 0 Å². The molecule has 0 saturated heterocycles. The van der Waals surface area contributed by atoms with Crippen LogP contribution in [0.25, 0.3) is 5.57 Å². The molecule has 1 heterocycles. The van der Waals surface area contributed by atoms with Crippen LogP contribution in [0.3, 0.4) is 0 Å². The topological polar surface area (TPSA) is 46.6 Å². The molecule has 0 bridgehead atoms. The van der Waals surface area contributed by atoms with Crippen LogP contribution < -0.4 is 9.64 Å². The molecule has 0 unspecified atom stereocenters. The van der Waals surface area contributed by atoms with Crippen molar-refractivity contribution < 1.29 is 18.7 Å². The molecule has 3 aromatic carbocycles. The number of anilines is 1. The number of carbonyl (C=O) groups excluding carboxylic acids is 2. The van der Waals surface area contributed by atoms with E-state index in [0.29, 0.717) is 11.3 Å². The maximum atomic E-state index is 14.4. The van der Waals surface area contributed by atoms with E-state index in [1.54, 1.807) is 30.3 Å². The summed E-state index contributed by atoms with van der Waals surface area (Å²) in [6.45, 7) is 0. The van der Waals surface area contributed by atoms with Gasteiger partial charge >= 0.3 is 0 Å². The lowest BCUT2D eigenvalue weighted by Gasteiger charge is -2.16. The second-order valence-corrected chi connectivity index (χ2v) is 7.30. The quantitative estimate of drug-likeness (QED) is 0.566. The van der Waals surface area contributed by atoms with Gasteiger partial charge in [-0.25, -0.2) is 9.29 Å². The third-order valence-corrected chi connectivity index (χ3v) is 5.56. The lowest BCUT2D eigenvalue weighted by Crippen LogP contribution is -2.32. The SMILES string of the molecule is COc1ccccc1C1=C(Sc2ccccc2)C(=O)N(c2ccccc2F)C1=O. The fourth-order valence-corrected chi connectivity index (χ4v) is 4.16. The second-order valence-electron chi connectivity index (χ2n) is 6.22. The van der Waals surface area contributed by atoms with Gasteiger partial charge in [0.1, 0.15) is 11.6 Å². The zero-order chi connectivity index (χ0) is 20.4. The molecule has 2 amide bonds. The maximum absolute atomic E-state index is 14.4. The minimum absolute atomic E-state index is 0.0708. The number of methoxy groups -OCH3 is 1. The number of rotatable bonds is 5. The second kappa shape index (κ2) is 7.93. The molecule has 144 valence electrons. The summed E-state index contributed by atoms with van der Waals surface area (Å²) in [6.07, 6.45) is 0. The van der Waals surface area contributed by atoms with Crippen LogP contribution in [0.15, 0.2) is 88.7 Å². The highest BCUT2D eigenvalue weighted by atomic mass is 32.2.